The first kappa shape index (κ1) is 21.6. The Bertz CT molecular complexity index is 1150. The number of aryl methyl sites for hydroxylation is 2. The molecule has 2 heterocycles. The van der Waals surface area contributed by atoms with Crippen molar-refractivity contribution in [1.29, 1.82) is 0 Å². The van der Waals surface area contributed by atoms with Crippen molar-refractivity contribution in [3.63, 3.8) is 0 Å². The first-order valence-electron chi connectivity index (χ1n) is 10.3. The first-order valence-corrected chi connectivity index (χ1v) is 10.3. The summed E-state index contributed by atoms with van der Waals surface area (Å²) in [6.45, 7) is 5.76. The van der Waals surface area contributed by atoms with E-state index in [9.17, 15) is 9.59 Å². The fourth-order valence-corrected chi connectivity index (χ4v) is 3.37. The normalized spacial score (nSPS) is 11.6. The quantitative estimate of drug-likeness (QED) is 0.545. The van der Waals surface area contributed by atoms with Crippen LogP contribution in [-0.2, 0) is 20.1 Å². The third kappa shape index (κ3) is 4.23. The Hall–Kier alpha value is -3.13. The maximum absolute atomic E-state index is 12.8. The number of hydrogen-bond acceptors (Lipinski definition) is 5. The van der Waals surface area contributed by atoms with Crippen molar-refractivity contribution in [3.05, 3.63) is 56.5 Å². The molecule has 0 amide bonds. The zero-order valence-electron chi connectivity index (χ0n) is 17.8. The highest BCUT2D eigenvalue weighted by Crippen LogP contribution is 2.16. The van der Waals surface area contributed by atoms with Crippen LogP contribution in [0.2, 0.25) is 0 Å². The highest BCUT2D eigenvalue weighted by Gasteiger charge is 2.17. The van der Waals surface area contributed by atoms with E-state index in [1.54, 1.807) is 18.5 Å². The molecule has 0 aliphatic heterocycles. The van der Waals surface area contributed by atoms with E-state index in [-0.39, 0.29) is 11.2 Å². The van der Waals surface area contributed by atoms with Crippen molar-refractivity contribution in [2.45, 2.75) is 39.8 Å². The van der Waals surface area contributed by atoms with Crippen LogP contribution in [0.15, 0.2) is 33.9 Å². The minimum absolute atomic E-state index is 0.312. The molecule has 3 aromatic rings. The van der Waals surface area contributed by atoms with E-state index in [1.807, 2.05) is 43.3 Å². The number of ether oxygens (including phenoxy) is 1. The summed E-state index contributed by atoms with van der Waals surface area (Å²) >= 11 is 0. The van der Waals surface area contributed by atoms with Crippen molar-refractivity contribution in [1.82, 2.24) is 18.7 Å². The van der Waals surface area contributed by atoms with Crippen LogP contribution in [0.5, 0.6) is 5.75 Å². The molecule has 0 spiro atoms. The number of unbranched alkanes of at least 4 members (excludes halogenated alkanes) is 1. The largest absolute Gasteiger partial charge is 0.494 e. The smallest absolute Gasteiger partial charge is 0.332 e. The van der Waals surface area contributed by atoms with Crippen molar-refractivity contribution in [2.24, 2.45) is 12.8 Å². The number of rotatable bonds is 9. The molecule has 8 heteroatoms. The number of imidazole rings is 1. The summed E-state index contributed by atoms with van der Waals surface area (Å²) in [5.74, 6) is 1.43. The lowest BCUT2D eigenvalue weighted by molar-refractivity contribution is 0.308. The molecule has 0 atom stereocenters. The standard InChI is InChI=1S/C22H29N5O3/c1-4-26-20-19(21(28)27(5-2)22(26)29)25(3)18(24-20)13-10-16-8-11-17(12-9-16)30-15-7-6-14-23/h8-13H,4-7,14-15,23H2,1-3H3/b13-10+. The van der Waals surface area contributed by atoms with Gasteiger partial charge in [-0.3, -0.25) is 13.9 Å². The van der Waals surface area contributed by atoms with Gasteiger partial charge in [0, 0.05) is 20.1 Å². The van der Waals surface area contributed by atoms with Crippen LogP contribution in [0.3, 0.4) is 0 Å². The Morgan fingerprint density at radius 1 is 1.03 bits per heavy atom. The fraction of sp³-hybridized carbons (Fsp3) is 0.409. The van der Waals surface area contributed by atoms with E-state index in [4.69, 9.17) is 10.5 Å². The van der Waals surface area contributed by atoms with Gasteiger partial charge in [-0.05, 0) is 57.0 Å². The molecule has 0 saturated carbocycles. The molecule has 0 fully saturated rings. The molecular weight excluding hydrogens is 382 g/mol. The van der Waals surface area contributed by atoms with E-state index in [0.717, 1.165) is 24.2 Å². The fourth-order valence-electron chi connectivity index (χ4n) is 3.37. The van der Waals surface area contributed by atoms with Gasteiger partial charge in [-0.1, -0.05) is 18.2 Å². The van der Waals surface area contributed by atoms with Crippen LogP contribution in [0.25, 0.3) is 23.3 Å². The SMILES string of the molecule is CCn1c(=O)c2c(nc(/C=C/c3ccc(OCCCCN)cc3)n2C)n(CC)c1=O. The predicted molar refractivity (Wildman–Crippen MR) is 120 cm³/mol. The molecule has 0 aliphatic rings. The number of nitrogens with two attached hydrogens (primary N) is 1. The number of hydrogen-bond donors (Lipinski definition) is 1. The summed E-state index contributed by atoms with van der Waals surface area (Å²) in [5.41, 5.74) is 6.68. The molecule has 3 rings (SSSR count). The van der Waals surface area contributed by atoms with Gasteiger partial charge in [0.15, 0.2) is 11.2 Å². The van der Waals surface area contributed by atoms with E-state index < -0.39 is 0 Å². The van der Waals surface area contributed by atoms with Crippen LogP contribution in [0, 0.1) is 0 Å². The number of fused-ring (bicyclic) bond motifs is 1. The molecule has 8 nitrogen and oxygen atoms in total. The molecule has 30 heavy (non-hydrogen) atoms. The molecule has 0 bridgehead atoms. The molecule has 160 valence electrons. The van der Waals surface area contributed by atoms with Gasteiger partial charge in [-0.2, -0.15) is 0 Å². The topological polar surface area (TPSA) is 97.1 Å². The highest BCUT2D eigenvalue weighted by molar-refractivity contribution is 5.76. The summed E-state index contributed by atoms with van der Waals surface area (Å²) < 4.78 is 10.2. The first-order chi connectivity index (χ1) is 14.5. The molecule has 0 aliphatic carbocycles. The Morgan fingerprint density at radius 2 is 1.73 bits per heavy atom. The maximum atomic E-state index is 12.8. The lowest BCUT2D eigenvalue weighted by Crippen LogP contribution is -2.39. The van der Waals surface area contributed by atoms with Crippen molar-refractivity contribution in [2.75, 3.05) is 13.2 Å². The van der Waals surface area contributed by atoms with Crippen LogP contribution in [0.1, 0.15) is 38.1 Å². The van der Waals surface area contributed by atoms with E-state index in [2.05, 4.69) is 4.98 Å². The molecular formula is C22H29N5O3. The molecule has 2 aromatic heterocycles. The van der Waals surface area contributed by atoms with E-state index in [0.29, 0.717) is 43.2 Å². The van der Waals surface area contributed by atoms with Gasteiger partial charge >= 0.3 is 5.69 Å². The maximum Gasteiger partial charge on any atom is 0.332 e. The van der Waals surface area contributed by atoms with Crippen LogP contribution in [-0.4, -0.2) is 31.8 Å². The Labute approximate surface area is 175 Å². The van der Waals surface area contributed by atoms with E-state index in [1.165, 1.54) is 9.13 Å². The lowest BCUT2D eigenvalue weighted by Gasteiger charge is -2.08. The molecule has 0 saturated heterocycles. The highest BCUT2D eigenvalue weighted by atomic mass is 16.5. The van der Waals surface area contributed by atoms with Crippen LogP contribution >= 0.6 is 0 Å². The number of aromatic nitrogens is 4. The summed E-state index contributed by atoms with van der Waals surface area (Å²) in [6.07, 6.45) is 5.66. The number of nitrogens with zero attached hydrogens (tertiary/aromatic N) is 4. The Balaban J connectivity index is 1.88. The Kier molecular flexibility index (Phi) is 6.89. The van der Waals surface area contributed by atoms with Gasteiger partial charge in [-0.15, -0.1) is 0 Å². The van der Waals surface area contributed by atoms with Gasteiger partial charge in [0.25, 0.3) is 5.56 Å². The minimum Gasteiger partial charge on any atom is -0.494 e. The van der Waals surface area contributed by atoms with Crippen molar-refractivity contribution < 1.29 is 4.74 Å². The zero-order valence-corrected chi connectivity index (χ0v) is 17.8. The molecule has 0 radical (unpaired) electrons. The average Bonchev–Trinajstić information content (AvgIpc) is 3.07. The summed E-state index contributed by atoms with van der Waals surface area (Å²) in [7, 11) is 1.79. The van der Waals surface area contributed by atoms with Crippen molar-refractivity contribution in [3.8, 4) is 5.75 Å². The van der Waals surface area contributed by atoms with E-state index >= 15 is 0 Å². The molecule has 2 N–H and O–H groups in total. The number of benzene rings is 1. The van der Waals surface area contributed by atoms with Gasteiger partial charge in [0.2, 0.25) is 0 Å². The van der Waals surface area contributed by atoms with Crippen molar-refractivity contribution >= 4 is 23.3 Å². The summed E-state index contributed by atoms with van der Waals surface area (Å²) in [6, 6.07) is 7.77. The summed E-state index contributed by atoms with van der Waals surface area (Å²) in [4.78, 5) is 29.9. The second-order valence-electron chi connectivity index (χ2n) is 7.02. The molecule has 1 aromatic carbocycles. The van der Waals surface area contributed by atoms with Crippen LogP contribution < -0.4 is 21.7 Å². The van der Waals surface area contributed by atoms with Gasteiger partial charge in [-0.25, -0.2) is 9.78 Å². The Morgan fingerprint density at radius 3 is 2.37 bits per heavy atom. The zero-order chi connectivity index (χ0) is 21.7. The van der Waals surface area contributed by atoms with Gasteiger partial charge in [0.1, 0.15) is 11.6 Å². The minimum atomic E-state index is -0.326. The third-order valence-electron chi connectivity index (χ3n) is 5.08. The monoisotopic (exact) mass is 411 g/mol. The lowest BCUT2D eigenvalue weighted by atomic mass is 10.2. The predicted octanol–water partition coefficient (Wildman–Crippen LogP) is 2.22. The average molecular weight is 412 g/mol. The summed E-state index contributed by atoms with van der Waals surface area (Å²) in [5, 5.41) is 0. The van der Waals surface area contributed by atoms with Gasteiger partial charge in [0.05, 0.1) is 6.61 Å². The second kappa shape index (κ2) is 9.58. The molecule has 0 unspecified atom stereocenters. The van der Waals surface area contributed by atoms with Gasteiger partial charge < -0.3 is 15.0 Å². The third-order valence-corrected chi connectivity index (χ3v) is 5.08. The second-order valence-corrected chi connectivity index (χ2v) is 7.02. The van der Waals surface area contributed by atoms with Crippen LogP contribution in [0.4, 0.5) is 0 Å².